The van der Waals surface area contributed by atoms with Crippen molar-refractivity contribution >= 4 is 17.6 Å². The van der Waals surface area contributed by atoms with E-state index in [0.29, 0.717) is 0 Å². The summed E-state index contributed by atoms with van der Waals surface area (Å²) in [7, 11) is 0. The normalized spacial score (nSPS) is 11.0. The Kier molecular flexibility index (Phi) is 5.74. The Morgan fingerprint density at radius 3 is 2.35 bits per heavy atom. The zero-order chi connectivity index (χ0) is 18.4. The molecule has 0 N–H and O–H groups in total. The largest absolute Gasteiger partial charge is 0.367 e. The molecule has 0 amide bonds. The molecule has 0 aliphatic carbocycles. The zero-order valence-corrected chi connectivity index (χ0v) is 14.6. The van der Waals surface area contributed by atoms with Crippen molar-refractivity contribution in [2.45, 2.75) is 13.5 Å². The van der Waals surface area contributed by atoms with Gasteiger partial charge in [0, 0.05) is 31.1 Å². The number of anilines is 1. The van der Waals surface area contributed by atoms with Crippen LogP contribution in [-0.2, 0) is 6.54 Å². The highest BCUT2D eigenvalue weighted by Crippen LogP contribution is 2.20. The van der Waals surface area contributed by atoms with Crippen LogP contribution in [0.3, 0.4) is 0 Å². The Bertz CT molecular complexity index is 874. The first-order valence-electron chi connectivity index (χ1n) is 8.54. The van der Waals surface area contributed by atoms with Gasteiger partial charge in [-0.05, 0) is 42.3 Å². The summed E-state index contributed by atoms with van der Waals surface area (Å²) in [5.41, 5.74) is 3.17. The van der Waals surface area contributed by atoms with Crippen molar-refractivity contribution in [1.82, 2.24) is 0 Å². The van der Waals surface area contributed by atoms with Crippen molar-refractivity contribution in [3.63, 3.8) is 0 Å². The van der Waals surface area contributed by atoms with E-state index in [1.807, 2.05) is 42.5 Å². The molecule has 2 nitrogen and oxygen atoms in total. The second-order valence-corrected chi connectivity index (χ2v) is 5.95. The molecule has 0 radical (unpaired) electrons. The van der Waals surface area contributed by atoms with Crippen molar-refractivity contribution in [3.05, 3.63) is 95.6 Å². The molecule has 0 saturated heterocycles. The molecule has 3 aromatic carbocycles. The third-order valence-electron chi connectivity index (χ3n) is 4.12. The Morgan fingerprint density at radius 1 is 0.923 bits per heavy atom. The molecular weight excluding hydrogens is 330 g/mol. The van der Waals surface area contributed by atoms with Gasteiger partial charge >= 0.3 is 0 Å². The first-order chi connectivity index (χ1) is 12.7. The lowest BCUT2D eigenvalue weighted by atomic mass is 10.1. The molecule has 0 fully saturated rings. The number of hydrogen-bond donors (Lipinski definition) is 0. The summed E-state index contributed by atoms with van der Waals surface area (Å²) in [6.45, 7) is 3.83. The van der Waals surface area contributed by atoms with Crippen LogP contribution in [0.15, 0.2) is 77.8 Å². The van der Waals surface area contributed by atoms with Crippen LogP contribution in [0.1, 0.15) is 18.1 Å². The van der Waals surface area contributed by atoms with Crippen LogP contribution in [0, 0.1) is 11.6 Å². The van der Waals surface area contributed by atoms with Crippen molar-refractivity contribution < 1.29 is 8.78 Å². The summed E-state index contributed by atoms with van der Waals surface area (Å²) in [5.74, 6) is -1.05. The maximum Gasteiger partial charge on any atom is 0.149 e. The molecule has 0 spiro atoms. The average Bonchev–Trinajstić information content (AvgIpc) is 2.68. The SMILES string of the molecule is CCN(Cc1ccccc1)c1ccc(C=Nc2cc(F)ccc2F)cc1. The summed E-state index contributed by atoms with van der Waals surface area (Å²) < 4.78 is 26.8. The van der Waals surface area contributed by atoms with Gasteiger partial charge in [-0.1, -0.05) is 42.5 Å². The van der Waals surface area contributed by atoms with E-state index in [0.717, 1.165) is 42.5 Å². The molecule has 0 saturated carbocycles. The van der Waals surface area contributed by atoms with E-state index < -0.39 is 11.6 Å². The van der Waals surface area contributed by atoms with Gasteiger partial charge < -0.3 is 4.90 Å². The van der Waals surface area contributed by atoms with Gasteiger partial charge in [-0.2, -0.15) is 0 Å². The maximum absolute atomic E-state index is 13.6. The number of benzene rings is 3. The van der Waals surface area contributed by atoms with E-state index in [4.69, 9.17) is 0 Å². The van der Waals surface area contributed by atoms with E-state index in [1.165, 1.54) is 11.8 Å². The Morgan fingerprint density at radius 2 is 1.65 bits per heavy atom. The monoisotopic (exact) mass is 350 g/mol. The Hall–Kier alpha value is -3.01. The van der Waals surface area contributed by atoms with Gasteiger partial charge in [-0.15, -0.1) is 0 Å². The van der Waals surface area contributed by atoms with Crippen LogP contribution in [0.25, 0.3) is 0 Å². The van der Waals surface area contributed by atoms with Crippen LogP contribution in [-0.4, -0.2) is 12.8 Å². The summed E-state index contributed by atoms with van der Waals surface area (Å²) in [6, 6.07) is 21.4. The number of halogens is 2. The standard InChI is InChI=1S/C22H20F2N2/c1-2-26(16-18-6-4-3-5-7-18)20-11-8-17(9-12-20)15-25-22-14-19(23)10-13-21(22)24/h3-15H,2,16H2,1H3. The minimum absolute atomic E-state index is 0.00617. The van der Waals surface area contributed by atoms with Gasteiger partial charge in [0.15, 0.2) is 0 Å². The summed E-state index contributed by atoms with van der Waals surface area (Å²) in [6.07, 6.45) is 1.54. The lowest BCUT2D eigenvalue weighted by Gasteiger charge is -2.23. The number of aliphatic imine (C=N–C) groups is 1. The van der Waals surface area contributed by atoms with Crippen LogP contribution in [0.2, 0.25) is 0 Å². The van der Waals surface area contributed by atoms with E-state index in [2.05, 4.69) is 28.9 Å². The van der Waals surface area contributed by atoms with Crippen LogP contribution >= 0.6 is 0 Å². The van der Waals surface area contributed by atoms with Gasteiger partial charge in [0.25, 0.3) is 0 Å². The molecular formula is C22H20F2N2. The average molecular weight is 350 g/mol. The smallest absolute Gasteiger partial charge is 0.149 e. The topological polar surface area (TPSA) is 15.6 Å². The van der Waals surface area contributed by atoms with E-state index in [9.17, 15) is 8.78 Å². The lowest BCUT2D eigenvalue weighted by Crippen LogP contribution is -2.21. The highest BCUT2D eigenvalue weighted by molar-refractivity contribution is 5.82. The van der Waals surface area contributed by atoms with Crippen molar-refractivity contribution in [2.75, 3.05) is 11.4 Å². The van der Waals surface area contributed by atoms with Crippen LogP contribution < -0.4 is 4.90 Å². The van der Waals surface area contributed by atoms with E-state index in [-0.39, 0.29) is 5.69 Å². The first-order valence-corrected chi connectivity index (χ1v) is 8.54. The fourth-order valence-corrected chi connectivity index (χ4v) is 2.69. The molecule has 3 rings (SSSR count). The minimum Gasteiger partial charge on any atom is -0.367 e. The minimum atomic E-state index is -0.542. The maximum atomic E-state index is 13.6. The second kappa shape index (κ2) is 8.39. The highest BCUT2D eigenvalue weighted by atomic mass is 19.1. The molecule has 26 heavy (non-hydrogen) atoms. The number of hydrogen-bond acceptors (Lipinski definition) is 2. The molecule has 0 aliphatic rings. The molecule has 0 bridgehead atoms. The third kappa shape index (κ3) is 4.54. The fourth-order valence-electron chi connectivity index (χ4n) is 2.69. The predicted octanol–water partition coefficient (Wildman–Crippen LogP) is 5.74. The summed E-state index contributed by atoms with van der Waals surface area (Å²) >= 11 is 0. The number of rotatable bonds is 6. The molecule has 0 aliphatic heterocycles. The van der Waals surface area contributed by atoms with Gasteiger partial charge in [0.2, 0.25) is 0 Å². The Balaban J connectivity index is 1.73. The lowest BCUT2D eigenvalue weighted by molar-refractivity contribution is 0.602. The molecule has 3 aromatic rings. The molecule has 0 unspecified atom stereocenters. The van der Waals surface area contributed by atoms with Gasteiger partial charge in [0.05, 0.1) is 0 Å². The van der Waals surface area contributed by atoms with E-state index >= 15 is 0 Å². The van der Waals surface area contributed by atoms with E-state index in [1.54, 1.807) is 0 Å². The molecule has 132 valence electrons. The summed E-state index contributed by atoms with van der Waals surface area (Å²) in [5, 5.41) is 0. The van der Waals surface area contributed by atoms with Crippen molar-refractivity contribution in [2.24, 2.45) is 4.99 Å². The molecule has 0 aromatic heterocycles. The Labute approximate surface area is 152 Å². The highest BCUT2D eigenvalue weighted by Gasteiger charge is 2.05. The first kappa shape index (κ1) is 17.8. The van der Waals surface area contributed by atoms with Crippen molar-refractivity contribution in [1.29, 1.82) is 0 Å². The quantitative estimate of drug-likeness (QED) is 0.518. The predicted molar refractivity (Wildman–Crippen MR) is 103 cm³/mol. The number of nitrogens with zero attached hydrogens (tertiary/aromatic N) is 2. The molecule has 0 atom stereocenters. The third-order valence-corrected chi connectivity index (χ3v) is 4.12. The van der Waals surface area contributed by atoms with Gasteiger partial charge in [-0.3, -0.25) is 4.99 Å². The molecule has 4 heteroatoms. The zero-order valence-electron chi connectivity index (χ0n) is 14.6. The fraction of sp³-hybridized carbons (Fsp3) is 0.136. The second-order valence-electron chi connectivity index (χ2n) is 5.95. The van der Waals surface area contributed by atoms with Gasteiger partial charge in [-0.25, -0.2) is 8.78 Å². The van der Waals surface area contributed by atoms with Gasteiger partial charge in [0.1, 0.15) is 17.3 Å². The molecule has 0 heterocycles. The van der Waals surface area contributed by atoms with Crippen LogP contribution in [0.4, 0.5) is 20.2 Å². The van der Waals surface area contributed by atoms with Crippen LogP contribution in [0.5, 0.6) is 0 Å². The van der Waals surface area contributed by atoms with Crippen molar-refractivity contribution in [3.8, 4) is 0 Å². The summed E-state index contributed by atoms with van der Waals surface area (Å²) in [4.78, 5) is 6.31.